The van der Waals surface area contributed by atoms with Crippen molar-refractivity contribution in [1.29, 1.82) is 5.26 Å². The SMILES string of the molecule is CC(C)O[C@@]1(C)CNC[C@@H](C(=O)N[C@H](C#N)Cc2ccc(-c3ccc4oc(=O)n(C)c4c3)cc2)OC1. The molecule has 3 aromatic rings. The minimum Gasteiger partial charge on any atom is -0.408 e. The second-order valence-corrected chi connectivity index (χ2v) is 9.75. The number of aromatic nitrogens is 1. The molecule has 1 fully saturated rings. The molecular weight excluding hydrogens is 460 g/mol. The molecule has 36 heavy (non-hydrogen) atoms. The van der Waals surface area contributed by atoms with Gasteiger partial charge in [0.15, 0.2) is 5.58 Å². The molecule has 2 aromatic carbocycles. The number of ether oxygens (including phenoxy) is 2. The van der Waals surface area contributed by atoms with Crippen molar-refractivity contribution in [3.8, 4) is 17.2 Å². The number of fused-ring (bicyclic) bond motifs is 1. The van der Waals surface area contributed by atoms with Gasteiger partial charge < -0.3 is 24.5 Å². The van der Waals surface area contributed by atoms with Crippen molar-refractivity contribution in [2.45, 2.75) is 51.0 Å². The van der Waals surface area contributed by atoms with E-state index in [0.717, 1.165) is 22.2 Å². The Morgan fingerprint density at radius 2 is 2.00 bits per heavy atom. The van der Waals surface area contributed by atoms with Crippen molar-refractivity contribution < 1.29 is 18.7 Å². The van der Waals surface area contributed by atoms with Crippen molar-refractivity contribution >= 4 is 17.0 Å². The average Bonchev–Trinajstić information content (AvgIpc) is 2.99. The first-order valence-electron chi connectivity index (χ1n) is 12.1. The molecule has 2 heterocycles. The Morgan fingerprint density at radius 1 is 1.28 bits per heavy atom. The number of hydrogen-bond donors (Lipinski definition) is 2. The molecule has 0 aliphatic carbocycles. The summed E-state index contributed by atoms with van der Waals surface area (Å²) in [5.74, 6) is -0.719. The predicted molar refractivity (Wildman–Crippen MR) is 135 cm³/mol. The van der Waals surface area contributed by atoms with Gasteiger partial charge in [-0.1, -0.05) is 30.3 Å². The first-order valence-corrected chi connectivity index (χ1v) is 12.1. The highest BCUT2D eigenvalue weighted by atomic mass is 16.6. The van der Waals surface area contributed by atoms with Crippen LogP contribution in [0.2, 0.25) is 0 Å². The quantitative estimate of drug-likeness (QED) is 0.520. The number of nitrogens with zero attached hydrogens (tertiary/aromatic N) is 2. The molecule has 1 saturated heterocycles. The van der Waals surface area contributed by atoms with Gasteiger partial charge in [0.2, 0.25) is 0 Å². The number of nitrogens with one attached hydrogen (secondary N) is 2. The summed E-state index contributed by atoms with van der Waals surface area (Å²) in [6.07, 6.45) is -0.288. The summed E-state index contributed by atoms with van der Waals surface area (Å²) in [7, 11) is 1.67. The second kappa shape index (κ2) is 10.7. The van der Waals surface area contributed by atoms with Gasteiger partial charge in [0.25, 0.3) is 5.91 Å². The Kier molecular flexibility index (Phi) is 7.59. The van der Waals surface area contributed by atoms with Crippen molar-refractivity contribution in [2.75, 3.05) is 19.7 Å². The fourth-order valence-electron chi connectivity index (χ4n) is 4.44. The molecule has 1 amide bonds. The Bertz CT molecular complexity index is 1320. The monoisotopic (exact) mass is 492 g/mol. The largest absolute Gasteiger partial charge is 0.419 e. The van der Waals surface area contributed by atoms with Gasteiger partial charge in [0.1, 0.15) is 17.7 Å². The zero-order valence-electron chi connectivity index (χ0n) is 21.0. The van der Waals surface area contributed by atoms with Crippen LogP contribution >= 0.6 is 0 Å². The molecule has 0 radical (unpaired) electrons. The molecule has 0 bridgehead atoms. The van der Waals surface area contributed by atoms with Crippen LogP contribution in [0.25, 0.3) is 22.2 Å². The van der Waals surface area contributed by atoms with Crippen LogP contribution in [0, 0.1) is 11.3 Å². The highest BCUT2D eigenvalue weighted by Crippen LogP contribution is 2.24. The van der Waals surface area contributed by atoms with Crippen LogP contribution in [-0.2, 0) is 27.7 Å². The lowest BCUT2D eigenvalue weighted by Gasteiger charge is -2.30. The Balaban J connectivity index is 1.37. The molecule has 0 saturated carbocycles. The van der Waals surface area contributed by atoms with Gasteiger partial charge in [0, 0.05) is 26.6 Å². The molecule has 9 nitrogen and oxygen atoms in total. The van der Waals surface area contributed by atoms with E-state index in [1.54, 1.807) is 13.1 Å². The number of nitriles is 1. The number of rotatable bonds is 7. The summed E-state index contributed by atoms with van der Waals surface area (Å²) >= 11 is 0. The van der Waals surface area contributed by atoms with Gasteiger partial charge in [0.05, 0.1) is 24.3 Å². The zero-order chi connectivity index (χ0) is 25.9. The van der Waals surface area contributed by atoms with Crippen molar-refractivity contribution in [2.24, 2.45) is 7.05 Å². The summed E-state index contributed by atoms with van der Waals surface area (Å²) in [6, 6.07) is 14.9. The molecule has 0 spiro atoms. The Hall–Kier alpha value is -3.45. The van der Waals surface area contributed by atoms with Gasteiger partial charge in [-0.25, -0.2) is 4.79 Å². The number of hydrogen-bond acceptors (Lipinski definition) is 7. The van der Waals surface area contributed by atoms with E-state index in [0.29, 0.717) is 25.1 Å². The number of carbonyl (C=O) groups is 1. The number of benzene rings is 2. The molecule has 1 aromatic heterocycles. The van der Waals surface area contributed by atoms with Crippen LogP contribution < -0.4 is 16.4 Å². The van der Waals surface area contributed by atoms with Crippen LogP contribution in [0.3, 0.4) is 0 Å². The van der Waals surface area contributed by atoms with Crippen LogP contribution in [0.5, 0.6) is 0 Å². The number of carbonyl (C=O) groups excluding carboxylic acids is 1. The lowest BCUT2D eigenvalue weighted by atomic mass is 10.0. The van der Waals surface area contributed by atoms with E-state index < -0.39 is 23.5 Å². The highest BCUT2D eigenvalue weighted by Gasteiger charge is 2.34. The number of amides is 1. The van der Waals surface area contributed by atoms with E-state index in [4.69, 9.17) is 13.9 Å². The third kappa shape index (κ3) is 5.85. The van der Waals surface area contributed by atoms with Crippen molar-refractivity contribution in [1.82, 2.24) is 15.2 Å². The molecule has 3 atom stereocenters. The summed E-state index contributed by atoms with van der Waals surface area (Å²) < 4.78 is 18.5. The van der Waals surface area contributed by atoms with Crippen LogP contribution in [0.1, 0.15) is 26.3 Å². The number of aryl methyl sites for hydroxylation is 1. The normalized spacial score (nSPS) is 21.2. The summed E-state index contributed by atoms with van der Waals surface area (Å²) in [5.41, 5.74) is 3.58. The first kappa shape index (κ1) is 25.6. The fraction of sp³-hybridized carbons (Fsp3) is 0.444. The van der Waals surface area contributed by atoms with Gasteiger partial charge in [-0.2, -0.15) is 5.26 Å². The van der Waals surface area contributed by atoms with Crippen LogP contribution in [-0.4, -0.2) is 54.0 Å². The predicted octanol–water partition coefficient (Wildman–Crippen LogP) is 2.52. The van der Waals surface area contributed by atoms with E-state index in [2.05, 4.69) is 16.7 Å². The van der Waals surface area contributed by atoms with E-state index in [9.17, 15) is 14.9 Å². The summed E-state index contributed by atoms with van der Waals surface area (Å²) in [6.45, 7) is 7.09. The van der Waals surface area contributed by atoms with Crippen molar-refractivity contribution in [3.05, 3.63) is 58.6 Å². The number of oxazole rings is 1. The topological polar surface area (TPSA) is 119 Å². The zero-order valence-corrected chi connectivity index (χ0v) is 21.0. The lowest BCUT2D eigenvalue weighted by molar-refractivity contribution is -0.140. The lowest BCUT2D eigenvalue weighted by Crippen LogP contribution is -2.46. The van der Waals surface area contributed by atoms with Crippen molar-refractivity contribution in [3.63, 3.8) is 0 Å². The average molecular weight is 493 g/mol. The molecule has 2 N–H and O–H groups in total. The fourth-order valence-corrected chi connectivity index (χ4v) is 4.44. The summed E-state index contributed by atoms with van der Waals surface area (Å²) in [4.78, 5) is 24.6. The first-order chi connectivity index (χ1) is 17.2. The van der Waals surface area contributed by atoms with Gasteiger partial charge in [-0.05, 0) is 49.6 Å². The van der Waals surface area contributed by atoms with E-state index in [1.807, 2.05) is 57.2 Å². The third-order valence-corrected chi connectivity index (χ3v) is 6.22. The van der Waals surface area contributed by atoms with Gasteiger partial charge in [-0.3, -0.25) is 9.36 Å². The van der Waals surface area contributed by atoms with Crippen LogP contribution in [0.15, 0.2) is 51.7 Å². The Labute approximate surface area is 210 Å². The molecule has 1 aliphatic heterocycles. The maximum Gasteiger partial charge on any atom is 0.419 e. The highest BCUT2D eigenvalue weighted by molar-refractivity contribution is 5.82. The molecule has 190 valence electrons. The minimum atomic E-state index is -0.699. The third-order valence-electron chi connectivity index (χ3n) is 6.22. The molecule has 4 rings (SSSR count). The maximum atomic E-state index is 12.8. The van der Waals surface area contributed by atoms with E-state index >= 15 is 0 Å². The second-order valence-electron chi connectivity index (χ2n) is 9.75. The standard InChI is InChI=1S/C27H32N4O5/c1-17(2)36-27(3)15-29-14-24(34-16-27)25(32)30-21(13-28)11-18-5-7-19(8-6-18)20-9-10-23-22(12-20)31(4)26(33)35-23/h5-10,12,17,21,24,29H,11,14-16H2,1-4H3,(H,30,32)/t21-,24-,27-/m0/s1. The molecular formula is C27H32N4O5. The minimum absolute atomic E-state index is 0.0439. The molecule has 0 unspecified atom stereocenters. The van der Waals surface area contributed by atoms with Gasteiger partial charge in [-0.15, -0.1) is 0 Å². The maximum absolute atomic E-state index is 12.8. The van der Waals surface area contributed by atoms with E-state index in [1.165, 1.54) is 4.57 Å². The Morgan fingerprint density at radius 3 is 2.69 bits per heavy atom. The van der Waals surface area contributed by atoms with E-state index in [-0.39, 0.29) is 18.6 Å². The van der Waals surface area contributed by atoms with Gasteiger partial charge >= 0.3 is 5.76 Å². The molecule has 1 aliphatic rings. The van der Waals surface area contributed by atoms with Crippen LogP contribution in [0.4, 0.5) is 0 Å². The summed E-state index contributed by atoms with van der Waals surface area (Å²) in [5, 5.41) is 15.7. The smallest absolute Gasteiger partial charge is 0.408 e. The molecule has 9 heteroatoms.